The molecule has 0 bridgehead atoms. The van der Waals surface area contributed by atoms with E-state index in [0.29, 0.717) is 45.3 Å². The number of rotatable bonds is 6. The third kappa shape index (κ3) is 5.57. The Labute approximate surface area is 114 Å². The van der Waals surface area contributed by atoms with Crippen LogP contribution < -0.4 is 11.1 Å². The first-order valence-electron chi connectivity index (χ1n) is 6.96. The van der Waals surface area contributed by atoms with Gasteiger partial charge in [0.15, 0.2) is 0 Å². The molecule has 1 fully saturated rings. The first-order valence-corrected chi connectivity index (χ1v) is 6.96. The highest BCUT2D eigenvalue weighted by Gasteiger charge is 2.27. The maximum Gasteiger partial charge on any atom is 0.224 e. The largest absolute Gasteiger partial charge is 0.396 e. The first kappa shape index (κ1) is 15.9. The molecule has 0 spiro atoms. The highest BCUT2D eigenvalue weighted by molar-refractivity contribution is 5.80. The van der Waals surface area contributed by atoms with E-state index in [1.165, 1.54) is 0 Å². The van der Waals surface area contributed by atoms with Crippen LogP contribution in [0.5, 0.6) is 0 Å². The van der Waals surface area contributed by atoms with E-state index < -0.39 is 0 Å². The Morgan fingerprint density at radius 2 is 2.05 bits per heavy atom. The molecule has 19 heavy (non-hydrogen) atoms. The number of aliphatic hydroxyl groups is 1. The van der Waals surface area contributed by atoms with Crippen molar-refractivity contribution in [2.75, 3.05) is 26.2 Å². The van der Waals surface area contributed by atoms with Crippen molar-refractivity contribution in [3.63, 3.8) is 0 Å². The second kappa shape index (κ2) is 8.12. The van der Waals surface area contributed by atoms with Crippen molar-refractivity contribution in [2.24, 2.45) is 11.7 Å². The van der Waals surface area contributed by atoms with Crippen molar-refractivity contribution in [2.45, 2.75) is 38.6 Å². The molecule has 0 radical (unpaired) electrons. The van der Waals surface area contributed by atoms with Gasteiger partial charge in [-0.05, 0) is 26.2 Å². The maximum atomic E-state index is 11.8. The minimum atomic E-state index is -0.119. The van der Waals surface area contributed by atoms with Crippen molar-refractivity contribution < 1.29 is 14.7 Å². The number of nitrogens with one attached hydrogen (secondary N) is 1. The molecule has 0 aliphatic carbocycles. The summed E-state index contributed by atoms with van der Waals surface area (Å²) in [5.41, 5.74) is 5.61. The van der Waals surface area contributed by atoms with E-state index in [9.17, 15) is 9.59 Å². The fraction of sp³-hybridized carbons (Fsp3) is 0.846. The van der Waals surface area contributed by atoms with Crippen LogP contribution in [-0.2, 0) is 9.59 Å². The Kier molecular flexibility index (Phi) is 6.80. The number of carbonyl (C=O) groups is 2. The zero-order chi connectivity index (χ0) is 14.3. The summed E-state index contributed by atoms with van der Waals surface area (Å²) < 4.78 is 0. The van der Waals surface area contributed by atoms with E-state index in [1.807, 2.05) is 6.92 Å². The van der Waals surface area contributed by atoms with Crippen LogP contribution in [0.3, 0.4) is 0 Å². The van der Waals surface area contributed by atoms with E-state index in [-0.39, 0.29) is 30.4 Å². The molecule has 0 aromatic rings. The van der Waals surface area contributed by atoms with Crippen LogP contribution in [0.25, 0.3) is 0 Å². The summed E-state index contributed by atoms with van der Waals surface area (Å²) >= 11 is 0. The van der Waals surface area contributed by atoms with Gasteiger partial charge in [0, 0.05) is 44.6 Å². The lowest BCUT2D eigenvalue weighted by atomic mass is 9.95. The molecular formula is C13H25N3O3. The summed E-state index contributed by atoms with van der Waals surface area (Å²) in [6, 6.07) is -0.119. The molecule has 1 heterocycles. The minimum Gasteiger partial charge on any atom is -0.396 e. The van der Waals surface area contributed by atoms with Crippen LogP contribution >= 0.6 is 0 Å². The predicted octanol–water partition coefficient (Wildman–Crippen LogP) is -0.539. The van der Waals surface area contributed by atoms with Gasteiger partial charge in [0.1, 0.15) is 0 Å². The topological polar surface area (TPSA) is 95.7 Å². The second-order valence-corrected chi connectivity index (χ2v) is 5.20. The minimum absolute atomic E-state index is 0.0157. The summed E-state index contributed by atoms with van der Waals surface area (Å²) in [6.07, 6.45) is 2.36. The summed E-state index contributed by atoms with van der Waals surface area (Å²) in [6.45, 7) is 3.68. The average molecular weight is 271 g/mol. The van der Waals surface area contributed by atoms with Gasteiger partial charge in [0.25, 0.3) is 0 Å². The van der Waals surface area contributed by atoms with Crippen LogP contribution in [-0.4, -0.2) is 54.1 Å². The molecule has 6 heteroatoms. The van der Waals surface area contributed by atoms with Crippen LogP contribution in [0.15, 0.2) is 0 Å². The van der Waals surface area contributed by atoms with Crippen molar-refractivity contribution in [1.82, 2.24) is 10.2 Å². The van der Waals surface area contributed by atoms with Crippen LogP contribution in [0.2, 0.25) is 0 Å². The summed E-state index contributed by atoms with van der Waals surface area (Å²) in [5.74, 6) is 0.0972. The standard InChI is InChI=1S/C13H25N3O3/c1-10(14)9-12(18)16-6-3-11(4-7-16)13(19)15-5-2-8-17/h10-11,17H,2-9,14H2,1H3,(H,15,19). The monoisotopic (exact) mass is 271 g/mol. The predicted molar refractivity (Wildman–Crippen MR) is 72.3 cm³/mol. The number of aliphatic hydroxyl groups excluding tert-OH is 1. The van der Waals surface area contributed by atoms with Gasteiger partial charge in [0.05, 0.1) is 0 Å². The van der Waals surface area contributed by atoms with E-state index in [4.69, 9.17) is 10.8 Å². The number of amides is 2. The molecule has 0 saturated carbocycles. The number of hydrogen-bond acceptors (Lipinski definition) is 4. The molecule has 1 aliphatic heterocycles. The van der Waals surface area contributed by atoms with Gasteiger partial charge in [-0.1, -0.05) is 0 Å². The lowest BCUT2D eigenvalue weighted by molar-refractivity contribution is -0.135. The van der Waals surface area contributed by atoms with Gasteiger partial charge in [-0.25, -0.2) is 0 Å². The van der Waals surface area contributed by atoms with Gasteiger partial charge >= 0.3 is 0 Å². The number of likely N-dealkylation sites (tertiary alicyclic amines) is 1. The van der Waals surface area contributed by atoms with Crippen LogP contribution in [0.4, 0.5) is 0 Å². The number of carbonyl (C=O) groups excluding carboxylic acids is 2. The van der Waals surface area contributed by atoms with Crippen molar-refractivity contribution in [1.29, 1.82) is 0 Å². The molecular weight excluding hydrogens is 246 g/mol. The molecule has 4 N–H and O–H groups in total. The van der Waals surface area contributed by atoms with Gasteiger partial charge in [-0.15, -0.1) is 0 Å². The maximum absolute atomic E-state index is 11.8. The Balaban J connectivity index is 2.28. The fourth-order valence-corrected chi connectivity index (χ4v) is 2.23. The first-order chi connectivity index (χ1) is 9.04. The van der Waals surface area contributed by atoms with Crippen molar-refractivity contribution in [3.05, 3.63) is 0 Å². The zero-order valence-electron chi connectivity index (χ0n) is 11.6. The van der Waals surface area contributed by atoms with Crippen molar-refractivity contribution in [3.8, 4) is 0 Å². The molecule has 1 atom stereocenters. The van der Waals surface area contributed by atoms with Crippen molar-refractivity contribution >= 4 is 11.8 Å². The molecule has 1 rings (SSSR count). The zero-order valence-corrected chi connectivity index (χ0v) is 11.6. The van der Waals surface area contributed by atoms with E-state index in [1.54, 1.807) is 4.90 Å². The molecule has 0 aromatic carbocycles. The Morgan fingerprint density at radius 3 is 2.58 bits per heavy atom. The Hall–Kier alpha value is -1.14. The molecule has 1 unspecified atom stereocenters. The molecule has 110 valence electrons. The fourth-order valence-electron chi connectivity index (χ4n) is 2.23. The van der Waals surface area contributed by atoms with E-state index >= 15 is 0 Å². The summed E-state index contributed by atoms with van der Waals surface area (Å²) in [7, 11) is 0. The highest BCUT2D eigenvalue weighted by atomic mass is 16.3. The lowest BCUT2D eigenvalue weighted by Gasteiger charge is -2.31. The smallest absolute Gasteiger partial charge is 0.224 e. The van der Waals surface area contributed by atoms with E-state index in [0.717, 1.165) is 0 Å². The molecule has 2 amide bonds. The van der Waals surface area contributed by atoms with Crippen LogP contribution in [0, 0.1) is 5.92 Å². The average Bonchev–Trinajstić information content (AvgIpc) is 2.38. The molecule has 0 aromatic heterocycles. The van der Waals surface area contributed by atoms with Gasteiger partial charge in [0.2, 0.25) is 11.8 Å². The van der Waals surface area contributed by atoms with E-state index in [2.05, 4.69) is 5.32 Å². The quantitative estimate of drug-likeness (QED) is 0.565. The molecule has 1 saturated heterocycles. The number of hydrogen-bond donors (Lipinski definition) is 3. The Morgan fingerprint density at radius 1 is 1.42 bits per heavy atom. The van der Waals surface area contributed by atoms with Gasteiger partial charge in [-0.3, -0.25) is 9.59 Å². The molecule has 1 aliphatic rings. The normalized spacial score (nSPS) is 18.2. The number of piperidine rings is 1. The second-order valence-electron chi connectivity index (χ2n) is 5.20. The van der Waals surface area contributed by atoms with Gasteiger partial charge in [-0.2, -0.15) is 0 Å². The highest BCUT2D eigenvalue weighted by Crippen LogP contribution is 2.18. The summed E-state index contributed by atoms with van der Waals surface area (Å²) in [5, 5.41) is 11.5. The Bertz CT molecular complexity index is 300. The summed E-state index contributed by atoms with van der Waals surface area (Å²) in [4.78, 5) is 25.4. The van der Waals surface area contributed by atoms with Gasteiger partial charge < -0.3 is 21.1 Å². The third-order valence-corrected chi connectivity index (χ3v) is 3.35. The number of nitrogens with zero attached hydrogens (tertiary/aromatic N) is 1. The van der Waals surface area contributed by atoms with Crippen LogP contribution in [0.1, 0.15) is 32.6 Å². The third-order valence-electron chi connectivity index (χ3n) is 3.35. The SMILES string of the molecule is CC(N)CC(=O)N1CCC(C(=O)NCCCO)CC1. The molecule has 6 nitrogen and oxygen atoms in total. The lowest BCUT2D eigenvalue weighted by Crippen LogP contribution is -2.44. The number of nitrogens with two attached hydrogens (primary N) is 1.